The number of likely N-dealkylation sites (N-methyl/N-ethyl adjacent to an activating group) is 1. The molecule has 0 aliphatic carbocycles. The van der Waals surface area contributed by atoms with Crippen molar-refractivity contribution in [1.29, 1.82) is 0 Å². The lowest BCUT2D eigenvalue weighted by atomic mass is 10.1. The molecule has 0 aromatic carbocycles. The molecule has 86 valence electrons. The van der Waals surface area contributed by atoms with Crippen LogP contribution in [0.25, 0.3) is 0 Å². The van der Waals surface area contributed by atoms with Gasteiger partial charge in [-0.3, -0.25) is 4.90 Å². The summed E-state index contributed by atoms with van der Waals surface area (Å²) >= 11 is 0. The van der Waals surface area contributed by atoms with E-state index in [9.17, 15) is 5.11 Å². The zero-order valence-electron chi connectivity index (χ0n) is 9.64. The Balaban J connectivity index is 2.50. The molecule has 5 heteroatoms. The van der Waals surface area contributed by atoms with Gasteiger partial charge in [-0.15, -0.1) is 0 Å². The molecule has 5 nitrogen and oxygen atoms in total. The fourth-order valence-corrected chi connectivity index (χ4v) is 1.49. The van der Waals surface area contributed by atoms with Crippen LogP contribution < -0.4 is 5.73 Å². The van der Waals surface area contributed by atoms with Crippen LogP contribution in [0.15, 0.2) is 12.4 Å². The Morgan fingerprint density at radius 2 is 2.33 bits per heavy atom. The predicted octanol–water partition coefficient (Wildman–Crippen LogP) is -0.438. The summed E-state index contributed by atoms with van der Waals surface area (Å²) in [7, 11) is 3.90. The average molecular weight is 212 g/mol. The molecular formula is C10H20N4O. The third kappa shape index (κ3) is 3.62. The van der Waals surface area contributed by atoms with E-state index in [0.29, 0.717) is 13.1 Å². The highest BCUT2D eigenvalue weighted by Crippen LogP contribution is 2.06. The number of aryl methyl sites for hydroxylation is 1. The lowest BCUT2D eigenvalue weighted by Crippen LogP contribution is -2.44. The number of rotatable bonds is 5. The van der Waals surface area contributed by atoms with Crippen molar-refractivity contribution in [2.24, 2.45) is 12.8 Å². The largest absolute Gasteiger partial charge is 0.388 e. The van der Waals surface area contributed by atoms with E-state index in [4.69, 9.17) is 5.73 Å². The SMILES string of the molecule is CN(Cc1nccn1C)CC(C)(O)CN. The number of hydrogen-bond acceptors (Lipinski definition) is 4. The second kappa shape index (κ2) is 4.74. The molecule has 0 aliphatic heterocycles. The molecule has 0 radical (unpaired) electrons. The monoisotopic (exact) mass is 212 g/mol. The molecule has 15 heavy (non-hydrogen) atoms. The summed E-state index contributed by atoms with van der Waals surface area (Å²) in [4.78, 5) is 6.23. The number of nitrogens with zero attached hydrogens (tertiary/aromatic N) is 3. The van der Waals surface area contributed by atoms with Crippen molar-refractivity contribution in [1.82, 2.24) is 14.5 Å². The fourth-order valence-electron chi connectivity index (χ4n) is 1.49. The first kappa shape index (κ1) is 12.2. The van der Waals surface area contributed by atoms with E-state index in [1.54, 1.807) is 13.1 Å². The minimum atomic E-state index is -0.833. The zero-order chi connectivity index (χ0) is 11.5. The van der Waals surface area contributed by atoms with Gasteiger partial charge in [-0.1, -0.05) is 0 Å². The maximum absolute atomic E-state index is 9.80. The third-order valence-electron chi connectivity index (χ3n) is 2.38. The van der Waals surface area contributed by atoms with E-state index < -0.39 is 5.60 Å². The van der Waals surface area contributed by atoms with Gasteiger partial charge in [-0.25, -0.2) is 4.98 Å². The van der Waals surface area contributed by atoms with Gasteiger partial charge in [0.2, 0.25) is 0 Å². The predicted molar refractivity (Wildman–Crippen MR) is 59.2 cm³/mol. The number of nitrogens with two attached hydrogens (primary N) is 1. The minimum Gasteiger partial charge on any atom is -0.388 e. The molecule has 0 saturated carbocycles. The Hall–Kier alpha value is -0.910. The molecule has 0 amide bonds. The maximum Gasteiger partial charge on any atom is 0.122 e. The summed E-state index contributed by atoms with van der Waals surface area (Å²) in [6.07, 6.45) is 3.68. The Kier molecular flexibility index (Phi) is 3.84. The van der Waals surface area contributed by atoms with Crippen molar-refractivity contribution < 1.29 is 5.11 Å². The third-order valence-corrected chi connectivity index (χ3v) is 2.38. The fraction of sp³-hybridized carbons (Fsp3) is 0.700. The Morgan fingerprint density at radius 3 is 2.80 bits per heavy atom. The second-order valence-electron chi connectivity index (χ2n) is 4.33. The van der Waals surface area contributed by atoms with Crippen molar-refractivity contribution in [3.05, 3.63) is 18.2 Å². The topological polar surface area (TPSA) is 67.3 Å². The number of aromatic nitrogens is 2. The maximum atomic E-state index is 9.80. The quantitative estimate of drug-likeness (QED) is 0.694. The van der Waals surface area contributed by atoms with E-state index in [0.717, 1.165) is 5.82 Å². The van der Waals surface area contributed by atoms with Gasteiger partial charge in [0.1, 0.15) is 5.82 Å². The highest BCUT2D eigenvalue weighted by atomic mass is 16.3. The highest BCUT2D eigenvalue weighted by molar-refractivity contribution is 4.91. The molecule has 1 unspecified atom stereocenters. The van der Waals surface area contributed by atoms with Crippen molar-refractivity contribution in [3.63, 3.8) is 0 Å². The van der Waals surface area contributed by atoms with Crippen LogP contribution in [0.4, 0.5) is 0 Å². The molecule has 1 aromatic heterocycles. The van der Waals surface area contributed by atoms with Gasteiger partial charge >= 0.3 is 0 Å². The van der Waals surface area contributed by atoms with Gasteiger partial charge in [-0.05, 0) is 14.0 Å². The number of aliphatic hydroxyl groups is 1. The standard InChI is InChI=1S/C10H20N4O/c1-10(15,7-11)8-13(2)6-9-12-4-5-14(9)3/h4-5,15H,6-8,11H2,1-3H3. The molecule has 0 fully saturated rings. The summed E-state index contributed by atoms with van der Waals surface area (Å²) < 4.78 is 1.97. The van der Waals surface area contributed by atoms with E-state index in [-0.39, 0.29) is 6.54 Å². The lowest BCUT2D eigenvalue weighted by Gasteiger charge is -2.27. The van der Waals surface area contributed by atoms with Gasteiger partial charge in [0.05, 0.1) is 12.1 Å². The molecule has 0 aliphatic rings. The Morgan fingerprint density at radius 1 is 1.67 bits per heavy atom. The van der Waals surface area contributed by atoms with Gasteiger partial charge in [0.25, 0.3) is 0 Å². The second-order valence-corrected chi connectivity index (χ2v) is 4.33. The van der Waals surface area contributed by atoms with E-state index in [1.165, 1.54) is 0 Å². The number of imidazole rings is 1. The van der Waals surface area contributed by atoms with Crippen LogP contribution in [0.1, 0.15) is 12.7 Å². The molecule has 1 rings (SSSR count). The molecule has 1 aromatic rings. The smallest absolute Gasteiger partial charge is 0.122 e. The zero-order valence-corrected chi connectivity index (χ0v) is 9.64. The van der Waals surface area contributed by atoms with E-state index in [1.807, 2.05) is 29.8 Å². The van der Waals surface area contributed by atoms with Crippen molar-refractivity contribution >= 4 is 0 Å². The van der Waals surface area contributed by atoms with Crippen LogP contribution >= 0.6 is 0 Å². The van der Waals surface area contributed by atoms with Crippen LogP contribution in [0.5, 0.6) is 0 Å². The van der Waals surface area contributed by atoms with Crippen LogP contribution in [0.2, 0.25) is 0 Å². The van der Waals surface area contributed by atoms with E-state index in [2.05, 4.69) is 4.98 Å². The summed E-state index contributed by atoms with van der Waals surface area (Å²) in [5, 5.41) is 9.80. The van der Waals surface area contributed by atoms with Crippen LogP contribution in [0.3, 0.4) is 0 Å². The molecule has 1 atom stereocenters. The lowest BCUT2D eigenvalue weighted by molar-refractivity contribution is 0.0323. The normalized spacial score (nSPS) is 15.6. The summed E-state index contributed by atoms with van der Waals surface area (Å²) in [6.45, 7) is 3.25. The number of hydrogen-bond donors (Lipinski definition) is 2. The van der Waals surface area contributed by atoms with E-state index >= 15 is 0 Å². The van der Waals surface area contributed by atoms with Crippen LogP contribution in [0, 0.1) is 0 Å². The summed E-state index contributed by atoms with van der Waals surface area (Å²) in [5.74, 6) is 0.977. The summed E-state index contributed by atoms with van der Waals surface area (Å²) in [6, 6.07) is 0. The first-order chi connectivity index (χ1) is 6.94. The van der Waals surface area contributed by atoms with Crippen molar-refractivity contribution in [3.8, 4) is 0 Å². The highest BCUT2D eigenvalue weighted by Gasteiger charge is 2.20. The van der Waals surface area contributed by atoms with Gasteiger partial charge in [0, 0.05) is 32.5 Å². The Bertz CT molecular complexity index is 308. The van der Waals surface area contributed by atoms with Crippen molar-refractivity contribution in [2.75, 3.05) is 20.1 Å². The minimum absolute atomic E-state index is 0.262. The first-order valence-corrected chi connectivity index (χ1v) is 5.02. The van der Waals surface area contributed by atoms with Crippen LogP contribution in [-0.2, 0) is 13.6 Å². The molecule has 0 spiro atoms. The van der Waals surface area contributed by atoms with Gasteiger partial charge < -0.3 is 15.4 Å². The van der Waals surface area contributed by atoms with Crippen molar-refractivity contribution in [2.45, 2.75) is 19.1 Å². The molecule has 0 bridgehead atoms. The van der Waals surface area contributed by atoms with Gasteiger partial charge in [-0.2, -0.15) is 0 Å². The first-order valence-electron chi connectivity index (χ1n) is 5.02. The summed E-state index contributed by atoms with van der Waals surface area (Å²) in [5.41, 5.74) is 4.63. The molecular weight excluding hydrogens is 192 g/mol. The van der Waals surface area contributed by atoms with Crippen LogP contribution in [-0.4, -0.2) is 45.3 Å². The average Bonchev–Trinajstić information content (AvgIpc) is 2.51. The van der Waals surface area contributed by atoms with Gasteiger partial charge in [0.15, 0.2) is 0 Å². The molecule has 1 heterocycles. The Labute approximate surface area is 90.5 Å². The molecule has 0 saturated heterocycles. The molecule has 3 N–H and O–H groups in total.